The normalized spacial score (nSPS) is 13.0. The summed E-state index contributed by atoms with van der Waals surface area (Å²) in [7, 11) is 2.20. The fourth-order valence-electron chi connectivity index (χ4n) is 5.41. The van der Waals surface area contributed by atoms with E-state index in [0.717, 1.165) is 0 Å². The zero-order chi connectivity index (χ0) is 18.9. The molecule has 5 heterocycles. The monoisotopic (exact) mass is 406 g/mol. The van der Waals surface area contributed by atoms with Gasteiger partial charge in [0.1, 0.15) is 0 Å². The van der Waals surface area contributed by atoms with Crippen molar-refractivity contribution in [3.8, 4) is 0 Å². The Kier molecular flexibility index (Phi) is 2.42. The predicted molar refractivity (Wildman–Crippen MR) is 128 cm³/mol. The molecule has 0 spiro atoms. The molecule has 136 valence electrons. The van der Waals surface area contributed by atoms with Crippen LogP contribution in [0, 0.1) is 0 Å². The Balaban J connectivity index is 1.92. The Hall–Kier alpha value is -3.08. The van der Waals surface area contributed by atoms with Crippen molar-refractivity contribution in [1.82, 2.24) is 8.97 Å². The highest BCUT2D eigenvalue weighted by atomic mass is 32.1. The number of hydrogen-bond acceptors (Lipinski definition) is 2. The summed E-state index contributed by atoms with van der Waals surface area (Å²) in [5.41, 5.74) is 6.66. The molecule has 0 aliphatic rings. The number of hydrogen-bond donors (Lipinski definition) is 0. The van der Waals surface area contributed by atoms with E-state index in [4.69, 9.17) is 0 Å². The highest BCUT2D eigenvalue weighted by molar-refractivity contribution is 7.26. The van der Waals surface area contributed by atoms with Gasteiger partial charge in [0.05, 0.1) is 26.8 Å². The molecule has 0 unspecified atom stereocenters. The second-order valence-corrected chi connectivity index (χ2v) is 9.69. The summed E-state index contributed by atoms with van der Waals surface area (Å²) < 4.78 is 7.67. The van der Waals surface area contributed by atoms with E-state index in [9.17, 15) is 0 Å². The van der Waals surface area contributed by atoms with Crippen molar-refractivity contribution < 1.29 is 0 Å². The predicted octanol–water partition coefficient (Wildman–Crippen LogP) is 7.76. The number of benzene rings is 3. The summed E-state index contributed by atoms with van der Waals surface area (Å²) >= 11 is 3.72. The molecule has 8 aromatic rings. The van der Waals surface area contributed by atoms with Gasteiger partial charge in [-0.2, -0.15) is 0 Å². The molecule has 2 nitrogen and oxygen atoms in total. The van der Waals surface area contributed by atoms with Crippen LogP contribution in [0.5, 0.6) is 0 Å². The maximum Gasteiger partial charge on any atom is 0.0728 e. The van der Waals surface area contributed by atoms with Crippen molar-refractivity contribution in [3.05, 3.63) is 65.4 Å². The lowest BCUT2D eigenvalue weighted by Crippen LogP contribution is -1.87. The Morgan fingerprint density at radius 2 is 1.52 bits per heavy atom. The Morgan fingerprint density at radius 3 is 2.48 bits per heavy atom. The van der Waals surface area contributed by atoms with E-state index in [-0.39, 0.29) is 0 Å². The van der Waals surface area contributed by atoms with Crippen molar-refractivity contribution in [3.63, 3.8) is 0 Å². The van der Waals surface area contributed by atoms with Crippen molar-refractivity contribution in [1.29, 1.82) is 0 Å². The minimum absolute atomic E-state index is 1.31. The molecule has 3 aromatic carbocycles. The Labute approximate surface area is 173 Å². The van der Waals surface area contributed by atoms with Crippen LogP contribution in [0.1, 0.15) is 0 Å². The van der Waals surface area contributed by atoms with Crippen LogP contribution in [0.2, 0.25) is 0 Å². The van der Waals surface area contributed by atoms with Gasteiger partial charge in [0.15, 0.2) is 0 Å². The van der Waals surface area contributed by atoms with Gasteiger partial charge in [0, 0.05) is 55.0 Å². The average Bonchev–Trinajstić information content (AvgIpc) is 3.48. The lowest BCUT2D eigenvalue weighted by atomic mass is 10.1. The second-order valence-electron chi connectivity index (χ2n) is 7.90. The molecule has 0 fully saturated rings. The molecule has 0 bridgehead atoms. The first-order valence-electron chi connectivity index (χ1n) is 9.75. The molecule has 8 rings (SSSR count). The molecule has 0 atom stereocenters. The SMILES string of the molecule is Cn1c2cccc3c4cscc4n4c5c6ccccc6sc5c5ccc1c(c32)c54. The van der Waals surface area contributed by atoms with E-state index >= 15 is 0 Å². The Bertz CT molecular complexity index is 1920. The molecule has 0 saturated heterocycles. The third-order valence-electron chi connectivity index (χ3n) is 6.60. The maximum atomic E-state index is 2.55. The molecule has 5 aromatic heterocycles. The van der Waals surface area contributed by atoms with E-state index in [0.29, 0.717) is 0 Å². The number of rotatable bonds is 0. The second kappa shape index (κ2) is 4.73. The molecule has 29 heavy (non-hydrogen) atoms. The highest BCUT2D eigenvalue weighted by Crippen LogP contribution is 2.47. The maximum absolute atomic E-state index is 2.55. The van der Waals surface area contributed by atoms with Gasteiger partial charge in [0.2, 0.25) is 0 Å². The van der Waals surface area contributed by atoms with E-state index < -0.39 is 0 Å². The lowest BCUT2D eigenvalue weighted by molar-refractivity contribution is 1.01. The first kappa shape index (κ1) is 14.9. The average molecular weight is 407 g/mol. The molecule has 0 saturated carbocycles. The van der Waals surface area contributed by atoms with Gasteiger partial charge in [-0.15, -0.1) is 22.7 Å². The van der Waals surface area contributed by atoms with Crippen LogP contribution in [0.15, 0.2) is 65.4 Å². The number of fused-ring (bicyclic) bond motifs is 8. The first-order valence-corrected chi connectivity index (χ1v) is 11.5. The van der Waals surface area contributed by atoms with Crippen LogP contribution in [0.4, 0.5) is 0 Å². The molecule has 0 aliphatic carbocycles. The third kappa shape index (κ3) is 1.52. The van der Waals surface area contributed by atoms with Gasteiger partial charge >= 0.3 is 0 Å². The van der Waals surface area contributed by atoms with Crippen molar-refractivity contribution in [2.45, 2.75) is 0 Å². The number of thiophene rings is 2. The fraction of sp³-hybridized carbons (Fsp3) is 0.0400. The van der Waals surface area contributed by atoms with Crippen LogP contribution >= 0.6 is 22.7 Å². The summed E-state index contributed by atoms with van der Waals surface area (Å²) in [5, 5.41) is 12.9. The molecular formula is C25H14N2S2. The number of aromatic nitrogens is 2. The topological polar surface area (TPSA) is 9.34 Å². The third-order valence-corrected chi connectivity index (χ3v) is 8.53. The van der Waals surface area contributed by atoms with E-state index in [1.54, 1.807) is 11.3 Å². The van der Waals surface area contributed by atoms with Crippen LogP contribution in [0.3, 0.4) is 0 Å². The summed E-state index contributed by atoms with van der Waals surface area (Å²) in [4.78, 5) is 0. The molecule has 0 N–H and O–H groups in total. The highest BCUT2D eigenvalue weighted by Gasteiger charge is 2.23. The fourth-order valence-corrected chi connectivity index (χ4v) is 7.44. The van der Waals surface area contributed by atoms with E-state index in [1.165, 1.54) is 69.3 Å². The molecular weight excluding hydrogens is 392 g/mol. The molecule has 0 aliphatic heterocycles. The largest absolute Gasteiger partial charge is 0.344 e. The lowest BCUT2D eigenvalue weighted by Gasteiger charge is -2.02. The smallest absolute Gasteiger partial charge is 0.0728 e. The minimum atomic E-state index is 1.31. The summed E-state index contributed by atoms with van der Waals surface area (Å²) in [5.74, 6) is 0. The van der Waals surface area contributed by atoms with Crippen LogP contribution in [-0.4, -0.2) is 8.97 Å². The van der Waals surface area contributed by atoms with Gasteiger partial charge in [0.25, 0.3) is 0 Å². The van der Waals surface area contributed by atoms with Gasteiger partial charge in [-0.1, -0.05) is 30.3 Å². The molecule has 0 amide bonds. The standard InChI is InChI=1S/C25H14N2S2/c1-26-17-7-4-6-13-16-11-28-12-19(16)27-23-15(9-10-18(26)22(23)21(13)17)25-24(27)14-5-2-3-8-20(14)29-25/h2-12H,1H3. The van der Waals surface area contributed by atoms with Gasteiger partial charge in [-0.05, 0) is 29.7 Å². The summed E-state index contributed by atoms with van der Waals surface area (Å²) in [6.45, 7) is 0. The minimum Gasteiger partial charge on any atom is -0.344 e. The summed E-state index contributed by atoms with van der Waals surface area (Å²) in [6, 6.07) is 20.2. The van der Waals surface area contributed by atoms with Gasteiger partial charge in [-0.3, -0.25) is 0 Å². The van der Waals surface area contributed by atoms with E-state index in [2.05, 4.69) is 81.4 Å². The van der Waals surface area contributed by atoms with Gasteiger partial charge in [-0.25, -0.2) is 0 Å². The van der Waals surface area contributed by atoms with Gasteiger partial charge < -0.3 is 8.97 Å². The Morgan fingerprint density at radius 1 is 0.655 bits per heavy atom. The quantitative estimate of drug-likeness (QED) is 0.243. The zero-order valence-corrected chi connectivity index (χ0v) is 17.2. The first-order chi connectivity index (χ1) is 14.3. The van der Waals surface area contributed by atoms with Crippen molar-refractivity contribution in [2.24, 2.45) is 7.05 Å². The molecule has 0 radical (unpaired) electrons. The summed E-state index contributed by atoms with van der Waals surface area (Å²) in [6.07, 6.45) is 0. The zero-order valence-electron chi connectivity index (χ0n) is 15.6. The van der Waals surface area contributed by atoms with E-state index in [1.807, 2.05) is 11.3 Å². The van der Waals surface area contributed by atoms with Crippen molar-refractivity contribution >= 4 is 92.0 Å². The number of nitrogens with zero attached hydrogens (tertiary/aromatic N) is 2. The van der Waals surface area contributed by atoms with Crippen LogP contribution in [-0.2, 0) is 7.05 Å². The number of aryl methyl sites for hydroxylation is 1. The molecule has 4 heteroatoms. The van der Waals surface area contributed by atoms with Crippen LogP contribution in [0.25, 0.3) is 69.3 Å². The van der Waals surface area contributed by atoms with Crippen molar-refractivity contribution in [2.75, 3.05) is 0 Å². The van der Waals surface area contributed by atoms with Crippen LogP contribution < -0.4 is 0 Å².